The molecule has 1 unspecified atom stereocenters. The molecule has 0 saturated carbocycles. The first-order chi connectivity index (χ1) is 10.1. The lowest BCUT2D eigenvalue weighted by molar-refractivity contribution is 0.852. The van der Waals surface area contributed by atoms with Gasteiger partial charge < -0.3 is 10.6 Å². The Morgan fingerprint density at radius 2 is 1.86 bits per heavy atom. The van der Waals surface area contributed by atoms with E-state index in [1.807, 2.05) is 45.2 Å². The van der Waals surface area contributed by atoms with Crippen LogP contribution < -0.4 is 10.6 Å². The van der Waals surface area contributed by atoms with Gasteiger partial charge in [0.15, 0.2) is 0 Å². The monoisotopic (exact) mass is 304 g/mol. The molecule has 0 spiro atoms. The second-order valence-corrected chi connectivity index (χ2v) is 5.36. The second-order valence-electron chi connectivity index (χ2n) is 4.95. The van der Waals surface area contributed by atoms with Crippen LogP contribution in [0.2, 0.25) is 5.02 Å². The zero-order valence-corrected chi connectivity index (χ0v) is 13.6. The summed E-state index contributed by atoms with van der Waals surface area (Å²) in [4.78, 5) is 9.07. The molecule has 1 atom stereocenters. The first-order valence-corrected chi connectivity index (χ1v) is 7.50. The van der Waals surface area contributed by atoms with E-state index in [-0.39, 0.29) is 6.04 Å². The molecule has 112 valence electrons. The van der Waals surface area contributed by atoms with Gasteiger partial charge in [0.25, 0.3) is 0 Å². The van der Waals surface area contributed by atoms with E-state index in [2.05, 4.69) is 27.5 Å². The fourth-order valence-electron chi connectivity index (χ4n) is 2.21. The maximum absolute atomic E-state index is 6.26. The fourth-order valence-corrected chi connectivity index (χ4v) is 2.51. The third-order valence-corrected chi connectivity index (χ3v) is 3.81. The van der Waals surface area contributed by atoms with E-state index in [9.17, 15) is 0 Å². The number of halogens is 1. The first kappa shape index (κ1) is 15.6. The topological polar surface area (TPSA) is 49.8 Å². The molecule has 0 bridgehead atoms. The summed E-state index contributed by atoms with van der Waals surface area (Å²) in [6.45, 7) is 6.13. The summed E-state index contributed by atoms with van der Waals surface area (Å²) >= 11 is 6.26. The van der Waals surface area contributed by atoms with E-state index in [1.165, 1.54) is 0 Å². The smallest absolute Gasteiger partial charge is 0.135 e. The Kier molecular flexibility index (Phi) is 5.02. The minimum atomic E-state index is 0.0710. The van der Waals surface area contributed by atoms with Gasteiger partial charge in [0, 0.05) is 24.1 Å². The lowest BCUT2D eigenvalue weighted by Gasteiger charge is -2.19. The summed E-state index contributed by atoms with van der Waals surface area (Å²) in [7, 11) is 1.87. The van der Waals surface area contributed by atoms with Crippen molar-refractivity contribution in [1.82, 2.24) is 9.97 Å². The predicted molar refractivity (Wildman–Crippen MR) is 89.2 cm³/mol. The molecule has 0 amide bonds. The fraction of sp³-hybridized carbons (Fsp3) is 0.375. The van der Waals surface area contributed by atoms with Crippen LogP contribution in [0.3, 0.4) is 0 Å². The van der Waals surface area contributed by atoms with Gasteiger partial charge in [-0.1, -0.05) is 36.7 Å². The summed E-state index contributed by atoms with van der Waals surface area (Å²) in [5, 5.41) is 7.32. The molecule has 0 fully saturated rings. The van der Waals surface area contributed by atoms with Gasteiger partial charge in [0.2, 0.25) is 0 Å². The standard InChI is InChI=1S/C16H21ClN4/c1-5-14-20-15(18-4)10(2)16(21-14)19-11(3)12-8-6-7-9-13(12)17/h6-9,11H,5H2,1-4H3,(H2,18,19,20,21). The minimum absolute atomic E-state index is 0.0710. The van der Waals surface area contributed by atoms with Gasteiger partial charge in [-0.05, 0) is 25.5 Å². The molecule has 0 aliphatic heterocycles. The van der Waals surface area contributed by atoms with Gasteiger partial charge in [0.1, 0.15) is 17.5 Å². The highest BCUT2D eigenvalue weighted by atomic mass is 35.5. The number of nitrogens with one attached hydrogen (secondary N) is 2. The van der Waals surface area contributed by atoms with Crippen molar-refractivity contribution in [1.29, 1.82) is 0 Å². The molecule has 5 heteroatoms. The van der Waals surface area contributed by atoms with Gasteiger partial charge in [0.05, 0.1) is 6.04 Å². The molecule has 2 aromatic rings. The molecule has 2 rings (SSSR count). The van der Waals surface area contributed by atoms with Crippen LogP contribution in [0, 0.1) is 6.92 Å². The number of hydrogen-bond acceptors (Lipinski definition) is 4. The van der Waals surface area contributed by atoms with Crippen molar-refractivity contribution < 1.29 is 0 Å². The lowest BCUT2D eigenvalue weighted by Crippen LogP contribution is -2.13. The van der Waals surface area contributed by atoms with Gasteiger partial charge in [-0.3, -0.25) is 0 Å². The maximum atomic E-state index is 6.26. The molecule has 4 nitrogen and oxygen atoms in total. The number of hydrogen-bond donors (Lipinski definition) is 2. The van der Waals surface area contributed by atoms with Crippen LogP contribution in [-0.2, 0) is 6.42 Å². The molecular formula is C16H21ClN4. The SMILES string of the molecule is CCc1nc(NC)c(C)c(NC(C)c2ccccc2Cl)n1. The normalized spacial score (nSPS) is 12.0. The largest absolute Gasteiger partial charge is 0.373 e. The molecule has 0 radical (unpaired) electrons. The quantitative estimate of drug-likeness (QED) is 0.868. The van der Waals surface area contributed by atoms with Crippen molar-refractivity contribution >= 4 is 23.2 Å². The van der Waals surface area contributed by atoms with E-state index in [4.69, 9.17) is 11.6 Å². The second kappa shape index (κ2) is 6.76. The van der Waals surface area contributed by atoms with Crippen molar-refractivity contribution in [2.75, 3.05) is 17.7 Å². The zero-order chi connectivity index (χ0) is 15.4. The predicted octanol–water partition coefficient (Wildman–Crippen LogP) is 4.22. The number of aryl methyl sites for hydroxylation is 1. The Hall–Kier alpha value is -1.81. The Balaban J connectivity index is 2.33. The molecule has 1 aromatic carbocycles. The van der Waals surface area contributed by atoms with Crippen molar-refractivity contribution in [3.05, 3.63) is 46.2 Å². The summed E-state index contributed by atoms with van der Waals surface area (Å²) in [5.74, 6) is 2.52. The number of benzene rings is 1. The molecule has 21 heavy (non-hydrogen) atoms. The van der Waals surface area contributed by atoms with Crippen LogP contribution in [0.4, 0.5) is 11.6 Å². The van der Waals surface area contributed by atoms with E-state index in [0.29, 0.717) is 0 Å². The average Bonchev–Trinajstić information content (AvgIpc) is 2.49. The highest BCUT2D eigenvalue weighted by Crippen LogP contribution is 2.28. The molecule has 1 aromatic heterocycles. The van der Waals surface area contributed by atoms with E-state index >= 15 is 0 Å². The number of anilines is 2. The van der Waals surface area contributed by atoms with Gasteiger partial charge in [-0.25, -0.2) is 9.97 Å². The Morgan fingerprint density at radius 3 is 2.48 bits per heavy atom. The molecule has 2 N–H and O–H groups in total. The number of nitrogens with zero attached hydrogens (tertiary/aromatic N) is 2. The first-order valence-electron chi connectivity index (χ1n) is 7.13. The Morgan fingerprint density at radius 1 is 1.19 bits per heavy atom. The Bertz CT molecular complexity index is 628. The van der Waals surface area contributed by atoms with E-state index in [0.717, 1.165) is 40.0 Å². The number of aromatic nitrogens is 2. The third kappa shape index (κ3) is 3.45. The van der Waals surface area contributed by atoms with Crippen LogP contribution in [0.5, 0.6) is 0 Å². The average molecular weight is 305 g/mol. The molecule has 0 aliphatic carbocycles. The minimum Gasteiger partial charge on any atom is -0.373 e. The molecule has 1 heterocycles. The van der Waals surface area contributed by atoms with Crippen molar-refractivity contribution in [2.45, 2.75) is 33.2 Å². The molecule has 0 aliphatic rings. The highest BCUT2D eigenvalue weighted by molar-refractivity contribution is 6.31. The Labute approximate surface area is 131 Å². The van der Waals surface area contributed by atoms with Crippen molar-refractivity contribution in [3.8, 4) is 0 Å². The van der Waals surface area contributed by atoms with Crippen molar-refractivity contribution in [3.63, 3.8) is 0 Å². The van der Waals surface area contributed by atoms with Crippen LogP contribution in [-0.4, -0.2) is 17.0 Å². The van der Waals surface area contributed by atoms with E-state index < -0.39 is 0 Å². The van der Waals surface area contributed by atoms with E-state index in [1.54, 1.807) is 0 Å². The third-order valence-electron chi connectivity index (χ3n) is 3.47. The molecular weight excluding hydrogens is 284 g/mol. The van der Waals surface area contributed by atoms with Crippen LogP contribution >= 0.6 is 11.6 Å². The van der Waals surface area contributed by atoms with Crippen molar-refractivity contribution in [2.24, 2.45) is 0 Å². The summed E-state index contributed by atoms with van der Waals surface area (Å²) in [5.41, 5.74) is 2.06. The van der Waals surface area contributed by atoms with Gasteiger partial charge in [-0.15, -0.1) is 0 Å². The summed E-state index contributed by atoms with van der Waals surface area (Å²) in [6.07, 6.45) is 0.796. The number of rotatable bonds is 5. The lowest BCUT2D eigenvalue weighted by atomic mass is 10.1. The highest BCUT2D eigenvalue weighted by Gasteiger charge is 2.14. The van der Waals surface area contributed by atoms with Crippen LogP contribution in [0.1, 0.15) is 36.8 Å². The van der Waals surface area contributed by atoms with Crippen LogP contribution in [0.15, 0.2) is 24.3 Å². The van der Waals surface area contributed by atoms with Crippen LogP contribution in [0.25, 0.3) is 0 Å². The maximum Gasteiger partial charge on any atom is 0.135 e. The molecule has 0 saturated heterocycles. The van der Waals surface area contributed by atoms with Gasteiger partial charge >= 0.3 is 0 Å². The zero-order valence-electron chi connectivity index (χ0n) is 12.9. The summed E-state index contributed by atoms with van der Waals surface area (Å²) < 4.78 is 0. The summed E-state index contributed by atoms with van der Waals surface area (Å²) in [6, 6.07) is 7.92. The van der Waals surface area contributed by atoms with Gasteiger partial charge in [-0.2, -0.15) is 0 Å².